The Balaban J connectivity index is 1.69. The van der Waals surface area contributed by atoms with Gasteiger partial charge in [0.2, 0.25) is 0 Å². The Hall–Kier alpha value is -2.33. The molecule has 0 atom stereocenters. The van der Waals surface area contributed by atoms with Crippen molar-refractivity contribution in [3.05, 3.63) is 53.1 Å². The van der Waals surface area contributed by atoms with Crippen LogP contribution in [-0.4, -0.2) is 71.8 Å². The molecule has 4 rings (SSSR count). The average Bonchev–Trinajstić information content (AvgIpc) is 2.80. The van der Waals surface area contributed by atoms with E-state index in [1.807, 2.05) is 6.07 Å². The lowest BCUT2D eigenvalue weighted by Gasteiger charge is -2.30. The average molecular weight is 466 g/mol. The van der Waals surface area contributed by atoms with E-state index in [-0.39, 0.29) is 16.5 Å². The van der Waals surface area contributed by atoms with Crippen molar-refractivity contribution in [2.45, 2.75) is 4.90 Å². The van der Waals surface area contributed by atoms with E-state index in [1.54, 1.807) is 17.0 Å². The Morgan fingerprint density at radius 2 is 1.52 bits per heavy atom. The van der Waals surface area contributed by atoms with Crippen molar-refractivity contribution in [3.63, 3.8) is 0 Å². The molecule has 2 heterocycles. The number of halogens is 1. The third-order valence-electron chi connectivity index (χ3n) is 5.28. The van der Waals surface area contributed by atoms with Crippen molar-refractivity contribution in [1.29, 1.82) is 0 Å². The number of ether oxygens (including phenoxy) is 2. The SMILES string of the molecule is O=C(c1ccc(N2CCOCC2)cc1NS(=O)(=O)c1ccc(Cl)cc1)N1CCOCC1. The highest BCUT2D eigenvalue weighted by Crippen LogP contribution is 2.28. The van der Waals surface area contributed by atoms with E-state index >= 15 is 0 Å². The molecule has 2 saturated heterocycles. The molecular formula is C21H24ClN3O5S. The van der Waals surface area contributed by atoms with E-state index in [0.717, 1.165) is 5.69 Å². The smallest absolute Gasteiger partial charge is 0.261 e. The number of carbonyl (C=O) groups excluding carboxylic acids is 1. The highest BCUT2D eigenvalue weighted by Gasteiger charge is 2.25. The standard InChI is InChI=1S/C21H24ClN3O5S/c22-16-1-4-18(5-2-16)31(27,28)23-20-15-17(24-7-11-29-12-8-24)3-6-19(20)21(26)25-9-13-30-14-10-25/h1-6,15,23H,7-14H2. The van der Waals surface area contributed by atoms with Crippen LogP contribution in [-0.2, 0) is 19.5 Å². The molecule has 2 aliphatic rings. The second-order valence-corrected chi connectivity index (χ2v) is 9.41. The van der Waals surface area contributed by atoms with Gasteiger partial charge in [-0.15, -0.1) is 0 Å². The van der Waals surface area contributed by atoms with Gasteiger partial charge in [0.15, 0.2) is 0 Å². The van der Waals surface area contributed by atoms with E-state index in [4.69, 9.17) is 21.1 Å². The van der Waals surface area contributed by atoms with Crippen molar-refractivity contribution < 1.29 is 22.7 Å². The lowest BCUT2D eigenvalue weighted by Crippen LogP contribution is -2.41. The second kappa shape index (κ2) is 9.44. The summed E-state index contributed by atoms with van der Waals surface area (Å²) in [4.78, 5) is 17.0. The summed E-state index contributed by atoms with van der Waals surface area (Å²) in [7, 11) is -3.91. The fraction of sp³-hybridized carbons (Fsp3) is 0.381. The molecule has 0 aromatic heterocycles. The fourth-order valence-electron chi connectivity index (χ4n) is 3.58. The molecule has 10 heteroatoms. The molecule has 0 bridgehead atoms. The van der Waals surface area contributed by atoms with Crippen LogP contribution in [0.2, 0.25) is 5.02 Å². The molecular weight excluding hydrogens is 442 g/mol. The zero-order chi connectivity index (χ0) is 21.8. The van der Waals surface area contributed by atoms with Crippen LogP contribution in [0.4, 0.5) is 11.4 Å². The minimum Gasteiger partial charge on any atom is -0.378 e. The van der Waals surface area contributed by atoms with Gasteiger partial charge in [-0.05, 0) is 42.5 Å². The van der Waals surface area contributed by atoms with E-state index in [2.05, 4.69) is 9.62 Å². The molecule has 0 spiro atoms. The first-order chi connectivity index (χ1) is 14.9. The van der Waals surface area contributed by atoms with Gasteiger partial charge in [0.25, 0.3) is 15.9 Å². The Bertz CT molecular complexity index is 1030. The van der Waals surface area contributed by atoms with Crippen LogP contribution in [0.3, 0.4) is 0 Å². The topological polar surface area (TPSA) is 88.2 Å². The molecule has 166 valence electrons. The zero-order valence-corrected chi connectivity index (χ0v) is 18.5. The van der Waals surface area contributed by atoms with E-state index < -0.39 is 10.0 Å². The van der Waals surface area contributed by atoms with Gasteiger partial charge in [0.1, 0.15) is 0 Å². The van der Waals surface area contributed by atoms with E-state index in [0.29, 0.717) is 63.2 Å². The van der Waals surface area contributed by atoms with Gasteiger partial charge in [-0.3, -0.25) is 9.52 Å². The predicted octanol–water partition coefficient (Wildman–Crippen LogP) is 2.45. The van der Waals surface area contributed by atoms with Crippen molar-refractivity contribution in [1.82, 2.24) is 4.90 Å². The van der Waals surface area contributed by atoms with Crippen molar-refractivity contribution in [3.8, 4) is 0 Å². The Labute approximate surface area is 186 Å². The van der Waals surface area contributed by atoms with Crippen LogP contribution in [0.5, 0.6) is 0 Å². The molecule has 1 N–H and O–H groups in total. The normalized spacial score (nSPS) is 17.5. The highest BCUT2D eigenvalue weighted by molar-refractivity contribution is 7.92. The maximum Gasteiger partial charge on any atom is 0.261 e. The summed E-state index contributed by atoms with van der Waals surface area (Å²) in [6.07, 6.45) is 0. The molecule has 31 heavy (non-hydrogen) atoms. The molecule has 2 aromatic carbocycles. The van der Waals surface area contributed by atoms with Gasteiger partial charge in [-0.1, -0.05) is 11.6 Å². The summed E-state index contributed by atoms with van der Waals surface area (Å²) >= 11 is 5.89. The van der Waals surface area contributed by atoms with Gasteiger partial charge in [-0.25, -0.2) is 8.42 Å². The Kier molecular flexibility index (Phi) is 6.66. The monoisotopic (exact) mass is 465 g/mol. The van der Waals surface area contributed by atoms with Crippen LogP contribution < -0.4 is 9.62 Å². The number of morpholine rings is 2. The zero-order valence-electron chi connectivity index (χ0n) is 16.9. The number of nitrogens with zero attached hydrogens (tertiary/aromatic N) is 2. The number of carbonyl (C=O) groups is 1. The number of anilines is 2. The van der Waals surface area contributed by atoms with Gasteiger partial charge < -0.3 is 19.3 Å². The first kappa shape index (κ1) is 21.9. The summed E-state index contributed by atoms with van der Waals surface area (Å²) in [6.45, 7) is 4.44. The Morgan fingerprint density at radius 1 is 0.903 bits per heavy atom. The van der Waals surface area contributed by atoms with Crippen molar-refractivity contribution in [2.75, 3.05) is 62.2 Å². The third-order valence-corrected chi connectivity index (χ3v) is 6.91. The number of hydrogen-bond donors (Lipinski definition) is 1. The summed E-state index contributed by atoms with van der Waals surface area (Å²) < 4.78 is 39.4. The van der Waals surface area contributed by atoms with Crippen LogP contribution >= 0.6 is 11.6 Å². The first-order valence-electron chi connectivity index (χ1n) is 10.1. The van der Waals surface area contributed by atoms with Gasteiger partial charge in [0.05, 0.1) is 42.6 Å². The van der Waals surface area contributed by atoms with Crippen LogP contribution in [0.25, 0.3) is 0 Å². The maximum absolute atomic E-state index is 13.2. The molecule has 0 aliphatic carbocycles. The van der Waals surface area contributed by atoms with Crippen molar-refractivity contribution in [2.24, 2.45) is 0 Å². The van der Waals surface area contributed by atoms with Crippen LogP contribution in [0.1, 0.15) is 10.4 Å². The highest BCUT2D eigenvalue weighted by atomic mass is 35.5. The molecule has 0 unspecified atom stereocenters. The van der Waals surface area contributed by atoms with Gasteiger partial charge >= 0.3 is 0 Å². The molecule has 8 nitrogen and oxygen atoms in total. The largest absolute Gasteiger partial charge is 0.378 e. The third kappa shape index (κ3) is 5.12. The van der Waals surface area contributed by atoms with Crippen LogP contribution in [0.15, 0.2) is 47.4 Å². The number of nitrogens with one attached hydrogen (secondary N) is 1. The lowest BCUT2D eigenvalue weighted by atomic mass is 10.1. The number of hydrogen-bond acceptors (Lipinski definition) is 6. The quantitative estimate of drug-likeness (QED) is 0.729. The number of benzene rings is 2. The minimum atomic E-state index is -3.91. The summed E-state index contributed by atoms with van der Waals surface area (Å²) in [5.74, 6) is -0.231. The summed E-state index contributed by atoms with van der Waals surface area (Å²) in [5.41, 5.74) is 1.38. The summed E-state index contributed by atoms with van der Waals surface area (Å²) in [5, 5.41) is 0.441. The molecule has 2 aromatic rings. The lowest BCUT2D eigenvalue weighted by molar-refractivity contribution is 0.0303. The molecule has 2 fully saturated rings. The van der Waals surface area contributed by atoms with E-state index in [1.165, 1.54) is 24.3 Å². The molecule has 1 amide bonds. The summed E-state index contributed by atoms with van der Waals surface area (Å²) in [6, 6.07) is 11.1. The molecule has 0 radical (unpaired) electrons. The maximum atomic E-state index is 13.2. The molecule has 2 aliphatic heterocycles. The second-order valence-electron chi connectivity index (χ2n) is 7.29. The number of rotatable bonds is 5. The van der Waals surface area contributed by atoms with Gasteiger partial charge in [0, 0.05) is 36.9 Å². The molecule has 0 saturated carbocycles. The van der Waals surface area contributed by atoms with Gasteiger partial charge in [-0.2, -0.15) is 0 Å². The minimum absolute atomic E-state index is 0.0680. The van der Waals surface area contributed by atoms with E-state index in [9.17, 15) is 13.2 Å². The number of amides is 1. The Morgan fingerprint density at radius 3 is 2.16 bits per heavy atom. The first-order valence-corrected chi connectivity index (χ1v) is 11.9. The van der Waals surface area contributed by atoms with Crippen LogP contribution in [0, 0.1) is 0 Å². The number of sulfonamides is 1. The fourth-order valence-corrected chi connectivity index (χ4v) is 4.77. The van der Waals surface area contributed by atoms with Crippen molar-refractivity contribution >= 4 is 38.9 Å². The predicted molar refractivity (Wildman–Crippen MR) is 118 cm³/mol.